The van der Waals surface area contributed by atoms with E-state index in [0.717, 1.165) is 21.2 Å². The zero-order chi connectivity index (χ0) is 15.4. The minimum atomic E-state index is 0.0690. The van der Waals surface area contributed by atoms with Gasteiger partial charge in [-0.3, -0.25) is 14.2 Å². The molecule has 0 spiro atoms. The van der Waals surface area contributed by atoms with Crippen LogP contribution in [0.2, 0.25) is 0 Å². The quantitative estimate of drug-likeness (QED) is 0.724. The molecule has 0 unspecified atom stereocenters. The predicted molar refractivity (Wildman–Crippen MR) is 86.6 cm³/mol. The van der Waals surface area contributed by atoms with E-state index < -0.39 is 0 Å². The molecule has 2 aromatic heterocycles. The smallest absolute Gasteiger partial charge is 0.224 e. The molecule has 1 amide bonds. The summed E-state index contributed by atoms with van der Waals surface area (Å²) >= 11 is 6.81. The van der Waals surface area contributed by atoms with Gasteiger partial charge in [0.15, 0.2) is 0 Å². The van der Waals surface area contributed by atoms with Crippen LogP contribution in [0.25, 0.3) is 0 Å². The van der Waals surface area contributed by atoms with Crippen molar-refractivity contribution in [2.45, 2.75) is 33.0 Å². The van der Waals surface area contributed by atoms with Crippen LogP contribution in [0.5, 0.6) is 0 Å². The van der Waals surface area contributed by atoms with Gasteiger partial charge < -0.3 is 4.90 Å². The zero-order valence-corrected chi connectivity index (χ0v) is 15.1. The van der Waals surface area contributed by atoms with Crippen LogP contribution in [0.15, 0.2) is 27.5 Å². The SMILES string of the molecule is CCn1cc(Br)c(CN(C)C(=O)CCn2cc(Br)cn2)n1. The molecule has 0 aliphatic carbocycles. The molecule has 0 saturated heterocycles. The van der Waals surface area contributed by atoms with Gasteiger partial charge in [-0.2, -0.15) is 10.2 Å². The lowest BCUT2D eigenvalue weighted by atomic mass is 10.3. The van der Waals surface area contributed by atoms with Gasteiger partial charge in [0.2, 0.25) is 5.91 Å². The summed E-state index contributed by atoms with van der Waals surface area (Å²) in [4.78, 5) is 13.8. The maximum absolute atomic E-state index is 12.1. The second-order valence-electron chi connectivity index (χ2n) is 4.70. The normalized spacial score (nSPS) is 10.9. The molecule has 0 aliphatic heterocycles. The Kier molecular flexibility index (Phi) is 5.58. The fourth-order valence-electron chi connectivity index (χ4n) is 1.88. The lowest BCUT2D eigenvalue weighted by molar-refractivity contribution is -0.130. The number of halogens is 2. The van der Waals surface area contributed by atoms with E-state index in [9.17, 15) is 4.79 Å². The number of carbonyl (C=O) groups is 1. The Hall–Kier alpha value is -1.15. The van der Waals surface area contributed by atoms with Crippen LogP contribution < -0.4 is 0 Å². The molecule has 0 radical (unpaired) electrons. The Labute approximate surface area is 140 Å². The molecular formula is C13H17Br2N5O. The molecule has 0 saturated carbocycles. The Morgan fingerprint density at radius 2 is 2.10 bits per heavy atom. The molecule has 0 atom stereocenters. The molecule has 0 fully saturated rings. The van der Waals surface area contributed by atoms with Crippen LogP contribution in [0.1, 0.15) is 19.0 Å². The highest BCUT2D eigenvalue weighted by Gasteiger charge is 2.14. The third-order valence-electron chi connectivity index (χ3n) is 3.08. The van der Waals surface area contributed by atoms with Gasteiger partial charge in [-0.15, -0.1) is 0 Å². The van der Waals surface area contributed by atoms with E-state index in [2.05, 4.69) is 42.1 Å². The number of nitrogens with zero attached hydrogens (tertiary/aromatic N) is 5. The zero-order valence-electron chi connectivity index (χ0n) is 12.0. The Bertz CT molecular complexity index is 622. The van der Waals surface area contributed by atoms with E-state index in [1.807, 2.05) is 24.0 Å². The van der Waals surface area contributed by atoms with Gasteiger partial charge in [0, 0.05) is 39.0 Å². The molecule has 6 nitrogen and oxygen atoms in total. The van der Waals surface area contributed by atoms with Crippen molar-refractivity contribution in [3.8, 4) is 0 Å². The third-order valence-corrected chi connectivity index (χ3v) is 4.15. The van der Waals surface area contributed by atoms with Crippen LogP contribution in [0.4, 0.5) is 0 Å². The highest BCUT2D eigenvalue weighted by Crippen LogP contribution is 2.16. The monoisotopic (exact) mass is 417 g/mol. The number of rotatable bonds is 6. The van der Waals surface area contributed by atoms with Crippen molar-refractivity contribution in [2.75, 3.05) is 7.05 Å². The van der Waals surface area contributed by atoms with Gasteiger partial charge in [0.1, 0.15) is 0 Å². The molecule has 0 bridgehead atoms. The summed E-state index contributed by atoms with van der Waals surface area (Å²) in [7, 11) is 1.79. The first-order valence-corrected chi connectivity index (χ1v) is 8.22. The van der Waals surface area contributed by atoms with E-state index in [-0.39, 0.29) is 5.91 Å². The van der Waals surface area contributed by atoms with Crippen molar-refractivity contribution in [2.24, 2.45) is 0 Å². The maximum atomic E-state index is 12.1. The minimum absolute atomic E-state index is 0.0690. The summed E-state index contributed by atoms with van der Waals surface area (Å²) < 4.78 is 5.44. The minimum Gasteiger partial charge on any atom is -0.340 e. The van der Waals surface area contributed by atoms with Crippen LogP contribution >= 0.6 is 31.9 Å². The summed E-state index contributed by atoms with van der Waals surface area (Å²) in [6.07, 6.45) is 5.90. The summed E-state index contributed by atoms with van der Waals surface area (Å²) in [5.41, 5.74) is 0.870. The van der Waals surface area contributed by atoms with Crippen molar-refractivity contribution in [1.82, 2.24) is 24.5 Å². The molecular weight excluding hydrogens is 402 g/mol. The molecule has 114 valence electrons. The first-order chi connectivity index (χ1) is 9.99. The first-order valence-electron chi connectivity index (χ1n) is 6.63. The average molecular weight is 419 g/mol. The lowest BCUT2D eigenvalue weighted by Crippen LogP contribution is -2.27. The number of aryl methyl sites for hydroxylation is 2. The topological polar surface area (TPSA) is 56.0 Å². The molecule has 8 heteroatoms. The fraction of sp³-hybridized carbons (Fsp3) is 0.462. The number of amides is 1. The molecule has 0 aliphatic rings. The second-order valence-corrected chi connectivity index (χ2v) is 6.47. The van der Waals surface area contributed by atoms with Crippen molar-refractivity contribution >= 4 is 37.8 Å². The standard InChI is InChI=1S/C13H17Br2N5O/c1-3-19-8-11(15)12(17-19)9-18(2)13(21)4-5-20-7-10(14)6-16-20/h6-8H,3-5,9H2,1-2H3. The highest BCUT2D eigenvalue weighted by molar-refractivity contribution is 9.10. The predicted octanol–water partition coefficient (Wildman–Crippen LogP) is 2.67. The molecule has 0 aromatic carbocycles. The molecule has 2 rings (SSSR count). The van der Waals surface area contributed by atoms with E-state index in [1.54, 1.807) is 22.8 Å². The summed E-state index contributed by atoms with van der Waals surface area (Å²) in [6, 6.07) is 0. The average Bonchev–Trinajstić information content (AvgIpc) is 3.02. The molecule has 2 aromatic rings. The van der Waals surface area contributed by atoms with Crippen molar-refractivity contribution in [3.63, 3.8) is 0 Å². The number of carbonyl (C=O) groups excluding carboxylic acids is 1. The second kappa shape index (κ2) is 7.22. The highest BCUT2D eigenvalue weighted by atomic mass is 79.9. The van der Waals surface area contributed by atoms with Crippen LogP contribution in [0.3, 0.4) is 0 Å². The summed E-state index contributed by atoms with van der Waals surface area (Å²) in [6.45, 7) is 3.90. The molecule has 0 N–H and O–H groups in total. The summed E-state index contributed by atoms with van der Waals surface area (Å²) in [5.74, 6) is 0.0690. The number of aromatic nitrogens is 4. The van der Waals surface area contributed by atoms with E-state index in [0.29, 0.717) is 19.5 Å². The Balaban J connectivity index is 1.88. The Morgan fingerprint density at radius 1 is 1.33 bits per heavy atom. The van der Waals surface area contributed by atoms with E-state index >= 15 is 0 Å². The van der Waals surface area contributed by atoms with Gasteiger partial charge in [0.05, 0.1) is 27.4 Å². The maximum Gasteiger partial charge on any atom is 0.224 e. The van der Waals surface area contributed by atoms with Crippen molar-refractivity contribution in [1.29, 1.82) is 0 Å². The molecule has 21 heavy (non-hydrogen) atoms. The van der Waals surface area contributed by atoms with Gasteiger partial charge in [-0.05, 0) is 38.8 Å². The van der Waals surface area contributed by atoms with Gasteiger partial charge in [0.25, 0.3) is 0 Å². The van der Waals surface area contributed by atoms with Crippen LogP contribution in [-0.4, -0.2) is 37.4 Å². The lowest BCUT2D eigenvalue weighted by Gasteiger charge is -2.16. The van der Waals surface area contributed by atoms with Crippen LogP contribution in [-0.2, 0) is 24.4 Å². The largest absolute Gasteiger partial charge is 0.340 e. The Morgan fingerprint density at radius 3 is 2.67 bits per heavy atom. The van der Waals surface area contributed by atoms with Crippen molar-refractivity contribution in [3.05, 3.63) is 33.2 Å². The van der Waals surface area contributed by atoms with Crippen molar-refractivity contribution < 1.29 is 4.79 Å². The number of hydrogen-bond acceptors (Lipinski definition) is 3. The number of hydrogen-bond donors (Lipinski definition) is 0. The van der Waals surface area contributed by atoms with Gasteiger partial charge >= 0.3 is 0 Å². The van der Waals surface area contributed by atoms with Gasteiger partial charge in [-0.1, -0.05) is 0 Å². The molecule has 2 heterocycles. The fourth-order valence-corrected chi connectivity index (χ4v) is 2.65. The van der Waals surface area contributed by atoms with Gasteiger partial charge in [-0.25, -0.2) is 0 Å². The van der Waals surface area contributed by atoms with E-state index in [4.69, 9.17) is 0 Å². The third kappa shape index (κ3) is 4.41. The van der Waals surface area contributed by atoms with E-state index in [1.165, 1.54) is 0 Å². The van der Waals surface area contributed by atoms with Crippen LogP contribution in [0, 0.1) is 0 Å². The summed E-state index contributed by atoms with van der Waals surface area (Å²) in [5, 5.41) is 8.56. The first kappa shape index (κ1) is 16.2.